The summed E-state index contributed by atoms with van der Waals surface area (Å²) in [4.78, 5) is 8.46. The van der Waals surface area contributed by atoms with Gasteiger partial charge in [0.05, 0.1) is 6.54 Å². The Morgan fingerprint density at radius 1 is 1.43 bits per heavy atom. The smallest absolute Gasteiger partial charge is 0.176 e. The molecule has 0 saturated heterocycles. The van der Waals surface area contributed by atoms with Gasteiger partial charge < -0.3 is 16.0 Å². The Bertz CT molecular complexity index is 800. The summed E-state index contributed by atoms with van der Waals surface area (Å²) < 4.78 is 15.8. The first-order valence-corrected chi connectivity index (χ1v) is 6.31. The molecule has 1 aromatic heterocycles. The zero-order chi connectivity index (χ0) is 15.2. The van der Waals surface area contributed by atoms with Gasteiger partial charge in [0, 0.05) is 17.4 Å². The van der Waals surface area contributed by atoms with Crippen LogP contribution in [0, 0.1) is 17.1 Å². The number of amidine groups is 1. The van der Waals surface area contributed by atoms with Crippen LogP contribution in [0.25, 0.3) is 0 Å². The van der Waals surface area contributed by atoms with Crippen molar-refractivity contribution < 1.29 is 4.39 Å². The molecule has 0 saturated carbocycles. The van der Waals surface area contributed by atoms with Gasteiger partial charge in [-0.15, -0.1) is 0 Å². The molecule has 1 atom stereocenters. The topological polar surface area (TPSA) is 106 Å². The second-order valence-electron chi connectivity index (χ2n) is 5.20. The van der Waals surface area contributed by atoms with E-state index in [2.05, 4.69) is 9.98 Å². The molecule has 1 aliphatic heterocycles. The van der Waals surface area contributed by atoms with Crippen LogP contribution in [0.2, 0.25) is 0 Å². The van der Waals surface area contributed by atoms with Crippen molar-refractivity contribution in [1.82, 2.24) is 9.55 Å². The van der Waals surface area contributed by atoms with E-state index in [1.54, 1.807) is 23.8 Å². The van der Waals surface area contributed by atoms with E-state index >= 15 is 0 Å². The Labute approximate surface area is 120 Å². The molecule has 7 heteroatoms. The van der Waals surface area contributed by atoms with Gasteiger partial charge in [-0.2, -0.15) is 5.26 Å². The lowest BCUT2D eigenvalue weighted by molar-refractivity contribution is 0.383. The Balaban J connectivity index is 2.14. The van der Waals surface area contributed by atoms with Crippen LogP contribution in [0.3, 0.4) is 0 Å². The maximum atomic E-state index is 14.1. The quantitative estimate of drug-likeness (QED) is 0.765. The number of rotatable bonds is 1. The van der Waals surface area contributed by atoms with E-state index in [0.29, 0.717) is 23.6 Å². The molecule has 3 rings (SSSR count). The van der Waals surface area contributed by atoms with Crippen molar-refractivity contribution in [3.05, 3.63) is 47.3 Å². The van der Waals surface area contributed by atoms with Crippen molar-refractivity contribution >= 4 is 11.5 Å². The Kier molecular flexibility index (Phi) is 2.69. The molecule has 106 valence electrons. The number of aromatic nitrogens is 2. The summed E-state index contributed by atoms with van der Waals surface area (Å²) in [7, 11) is 0. The van der Waals surface area contributed by atoms with Gasteiger partial charge in [0.25, 0.3) is 0 Å². The van der Waals surface area contributed by atoms with Gasteiger partial charge >= 0.3 is 0 Å². The molecule has 2 heterocycles. The molecule has 0 bridgehead atoms. The third-order valence-electron chi connectivity index (χ3n) is 3.54. The minimum absolute atomic E-state index is 0.173. The third-order valence-corrected chi connectivity index (χ3v) is 3.54. The number of imidazole rings is 1. The predicted molar refractivity (Wildman–Crippen MR) is 75.8 cm³/mol. The molecule has 0 fully saturated rings. The van der Waals surface area contributed by atoms with E-state index in [0.717, 1.165) is 0 Å². The summed E-state index contributed by atoms with van der Waals surface area (Å²) in [5, 5.41) is 8.92. The first-order chi connectivity index (χ1) is 9.93. The molecule has 0 unspecified atom stereocenters. The number of nitriles is 1. The number of anilines is 1. The van der Waals surface area contributed by atoms with Crippen molar-refractivity contribution in [1.29, 1.82) is 5.26 Å². The van der Waals surface area contributed by atoms with E-state index < -0.39 is 11.4 Å². The molecule has 0 amide bonds. The molecule has 0 aliphatic carbocycles. The number of aliphatic imine (C=N–C) groups is 1. The van der Waals surface area contributed by atoms with Crippen molar-refractivity contribution in [2.24, 2.45) is 10.7 Å². The second-order valence-corrected chi connectivity index (χ2v) is 5.20. The first-order valence-electron chi connectivity index (χ1n) is 6.31. The summed E-state index contributed by atoms with van der Waals surface area (Å²) in [6.45, 7) is 2.10. The molecule has 1 aromatic carbocycles. The predicted octanol–water partition coefficient (Wildman–Crippen LogP) is 1.11. The second kappa shape index (κ2) is 4.31. The number of halogens is 1. The highest BCUT2D eigenvalue weighted by Crippen LogP contribution is 2.34. The van der Waals surface area contributed by atoms with Crippen LogP contribution in [0.15, 0.2) is 29.4 Å². The minimum atomic E-state index is -0.899. The summed E-state index contributed by atoms with van der Waals surface area (Å²) in [5.41, 5.74) is 11.8. The molecular weight excluding hydrogens is 271 g/mol. The van der Waals surface area contributed by atoms with E-state index in [1.165, 1.54) is 12.1 Å². The highest BCUT2D eigenvalue weighted by atomic mass is 19.1. The molecule has 0 spiro atoms. The van der Waals surface area contributed by atoms with Crippen molar-refractivity contribution in [3.8, 4) is 6.07 Å². The number of hydrogen-bond acceptors (Lipinski definition) is 5. The van der Waals surface area contributed by atoms with Crippen molar-refractivity contribution in [2.75, 3.05) is 5.73 Å². The van der Waals surface area contributed by atoms with Crippen molar-refractivity contribution in [2.45, 2.75) is 19.0 Å². The van der Waals surface area contributed by atoms with E-state index in [4.69, 9.17) is 16.7 Å². The van der Waals surface area contributed by atoms with Crippen LogP contribution in [0.4, 0.5) is 10.1 Å². The fraction of sp³-hybridized carbons (Fsp3) is 0.214. The Hall–Kier alpha value is -2.88. The van der Waals surface area contributed by atoms with Gasteiger partial charge in [-0.25, -0.2) is 9.37 Å². The molecule has 4 N–H and O–H groups in total. The van der Waals surface area contributed by atoms with E-state index in [9.17, 15) is 4.39 Å². The lowest BCUT2D eigenvalue weighted by Gasteiger charge is -2.31. The highest BCUT2D eigenvalue weighted by molar-refractivity contribution is 5.95. The fourth-order valence-corrected chi connectivity index (χ4v) is 2.58. The molecule has 6 nitrogen and oxygen atoms in total. The SMILES string of the molecule is C[C@@]1(c2cc(N)ccc2F)Cn2cc(C#N)nc2C(N)=N1. The number of nitrogen functional groups attached to an aromatic ring is 1. The zero-order valence-electron chi connectivity index (χ0n) is 11.3. The maximum Gasteiger partial charge on any atom is 0.176 e. The van der Waals surface area contributed by atoms with Crippen molar-refractivity contribution in [3.63, 3.8) is 0 Å². The highest BCUT2D eigenvalue weighted by Gasteiger charge is 2.35. The molecule has 21 heavy (non-hydrogen) atoms. The Morgan fingerprint density at radius 3 is 2.90 bits per heavy atom. The Morgan fingerprint density at radius 2 is 2.19 bits per heavy atom. The van der Waals surface area contributed by atoms with Gasteiger partial charge in [-0.1, -0.05) is 0 Å². The summed E-state index contributed by atoms with van der Waals surface area (Å²) in [5.74, 6) is 0.202. The van der Waals surface area contributed by atoms with E-state index in [1.807, 2.05) is 6.07 Å². The largest absolute Gasteiger partial charge is 0.399 e. The first kappa shape index (κ1) is 13.1. The summed E-state index contributed by atoms with van der Waals surface area (Å²) >= 11 is 0. The van der Waals surface area contributed by atoms with Crippen LogP contribution < -0.4 is 11.5 Å². The monoisotopic (exact) mass is 284 g/mol. The van der Waals surface area contributed by atoms with Gasteiger partial charge in [0.15, 0.2) is 17.4 Å². The summed E-state index contributed by atoms with van der Waals surface area (Å²) in [6, 6.07) is 6.32. The van der Waals surface area contributed by atoms with Gasteiger partial charge in [0.1, 0.15) is 17.4 Å². The zero-order valence-corrected chi connectivity index (χ0v) is 11.3. The third kappa shape index (κ3) is 2.01. The van der Waals surface area contributed by atoms with Gasteiger partial charge in [-0.3, -0.25) is 4.99 Å². The van der Waals surface area contributed by atoms with Gasteiger partial charge in [-0.05, 0) is 25.1 Å². The number of benzene rings is 1. The van der Waals surface area contributed by atoms with Crippen LogP contribution in [0.5, 0.6) is 0 Å². The lowest BCUT2D eigenvalue weighted by Crippen LogP contribution is -2.37. The van der Waals surface area contributed by atoms with Gasteiger partial charge in [0.2, 0.25) is 0 Å². The fourth-order valence-electron chi connectivity index (χ4n) is 2.58. The van der Waals surface area contributed by atoms with Crippen LogP contribution in [-0.4, -0.2) is 15.4 Å². The normalized spacial score (nSPS) is 20.5. The average Bonchev–Trinajstić information content (AvgIpc) is 2.84. The van der Waals surface area contributed by atoms with Crippen LogP contribution >= 0.6 is 0 Å². The number of nitrogens with zero attached hydrogens (tertiary/aromatic N) is 4. The van der Waals surface area contributed by atoms with Crippen LogP contribution in [0.1, 0.15) is 24.0 Å². The number of nitrogens with two attached hydrogens (primary N) is 2. The minimum Gasteiger partial charge on any atom is -0.399 e. The average molecular weight is 284 g/mol. The molecule has 2 aromatic rings. The molecular formula is C14H13FN6. The van der Waals surface area contributed by atoms with E-state index in [-0.39, 0.29) is 11.5 Å². The lowest BCUT2D eigenvalue weighted by atomic mass is 9.90. The van der Waals surface area contributed by atoms with Crippen LogP contribution in [-0.2, 0) is 12.1 Å². The summed E-state index contributed by atoms with van der Waals surface area (Å²) in [6.07, 6.45) is 1.58. The number of hydrogen-bond donors (Lipinski definition) is 2. The maximum absolute atomic E-state index is 14.1. The molecule has 0 radical (unpaired) electrons. The standard InChI is InChI=1S/C14H13FN6/c1-14(10-4-8(17)2-3-11(10)15)7-21-6-9(5-16)19-13(21)12(18)20-14/h2-4,6H,7,17H2,1H3,(H2,18,20)/t14-/m0/s1. The molecule has 1 aliphatic rings. The number of fused-ring (bicyclic) bond motifs is 1.